The van der Waals surface area contributed by atoms with E-state index in [0.29, 0.717) is 6.42 Å². The Bertz CT molecular complexity index is 391. The van der Waals surface area contributed by atoms with Crippen molar-refractivity contribution in [1.29, 1.82) is 0 Å². The van der Waals surface area contributed by atoms with Gasteiger partial charge >= 0.3 is 5.97 Å². The number of hydrogen-bond donors (Lipinski definition) is 1. The van der Waals surface area contributed by atoms with E-state index in [1.807, 2.05) is 0 Å². The summed E-state index contributed by atoms with van der Waals surface area (Å²) in [6, 6.07) is 0. The highest BCUT2D eigenvalue weighted by Gasteiger charge is 2.48. The molecule has 1 heterocycles. The van der Waals surface area contributed by atoms with E-state index >= 15 is 0 Å². The van der Waals surface area contributed by atoms with Crippen molar-refractivity contribution in [3.8, 4) is 0 Å². The van der Waals surface area contributed by atoms with E-state index in [2.05, 4.69) is 14.7 Å². The Morgan fingerprint density at radius 2 is 2.33 bits per heavy atom. The van der Waals surface area contributed by atoms with E-state index in [9.17, 15) is 13.6 Å². The molecule has 5 nitrogen and oxygen atoms in total. The van der Waals surface area contributed by atoms with Gasteiger partial charge in [0.2, 0.25) is 5.89 Å². The van der Waals surface area contributed by atoms with Gasteiger partial charge in [0, 0.05) is 6.42 Å². The molecule has 1 aliphatic carbocycles. The van der Waals surface area contributed by atoms with Gasteiger partial charge in [-0.25, -0.2) is 13.6 Å². The summed E-state index contributed by atoms with van der Waals surface area (Å²) in [6.45, 7) is 0. The van der Waals surface area contributed by atoms with E-state index in [1.165, 1.54) is 0 Å². The van der Waals surface area contributed by atoms with E-state index in [1.54, 1.807) is 0 Å². The number of carboxylic acids is 1. The van der Waals surface area contributed by atoms with Crippen molar-refractivity contribution >= 4 is 5.97 Å². The van der Waals surface area contributed by atoms with Crippen LogP contribution in [0.5, 0.6) is 0 Å². The second-order valence-electron chi connectivity index (χ2n) is 3.47. The highest BCUT2D eigenvalue weighted by Crippen LogP contribution is 2.45. The molecule has 1 fully saturated rings. The van der Waals surface area contributed by atoms with Crippen molar-refractivity contribution in [3.63, 3.8) is 0 Å². The van der Waals surface area contributed by atoms with Gasteiger partial charge in [-0.3, -0.25) is 0 Å². The fraction of sp³-hybridized carbons (Fsp3) is 0.625. The molecule has 7 heteroatoms. The first-order valence-corrected chi connectivity index (χ1v) is 4.45. The van der Waals surface area contributed by atoms with Gasteiger partial charge < -0.3 is 9.63 Å². The van der Waals surface area contributed by atoms with Crippen LogP contribution in [0.1, 0.15) is 41.7 Å². The Morgan fingerprint density at radius 1 is 1.60 bits per heavy atom. The van der Waals surface area contributed by atoms with Crippen LogP contribution in [0, 0.1) is 0 Å². The third-order valence-electron chi connectivity index (χ3n) is 2.44. The maximum Gasteiger partial charge on any atom is 0.377 e. The SMILES string of the molecule is O=C(O)c1noc(C2CCCC2(F)F)n1. The van der Waals surface area contributed by atoms with Crippen molar-refractivity contribution in [1.82, 2.24) is 10.1 Å². The summed E-state index contributed by atoms with van der Waals surface area (Å²) in [4.78, 5) is 13.8. The molecule has 0 saturated heterocycles. The van der Waals surface area contributed by atoms with Crippen molar-refractivity contribution in [3.05, 3.63) is 11.7 Å². The lowest BCUT2D eigenvalue weighted by Crippen LogP contribution is -2.20. The van der Waals surface area contributed by atoms with Crippen LogP contribution in [-0.2, 0) is 0 Å². The van der Waals surface area contributed by atoms with Crippen LogP contribution < -0.4 is 0 Å². The number of aromatic carboxylic acids is 1. The molecule has 0 aromatic carbocycles. The lowest BCUT2D eigenvalue weighted by atomic mass is 10.1. The van der Waals surface area contributed by atoms with Gasteiger partial charge in [0.05, 0.1) is 0 Å². The number of carbonyl (C=O) groups is 1. The second-order valence-corrected chi connectivity index (χ2v) is 3.47. The van der Waals surface area contributed by atoms with Gasteiger partial charge in [0.15, 0.2) is 0 Å². The van der Waals surface area contributed by atoms with Gasteiger partial charge in [0.25, 0.3) is 11.7 Å². The fourth-order valence-corrected chi connectivity index (χ4v) is 1.70. The molecule has 0 amide bonds. The molecular weight excluding hydrogens is 210 g/mol. The van der Waals surface area contributed by atoms with Crippen molar-refractivity contribution in [2.75, 3.05) is 0 Å². The number of halogens is 2. The first kappa shape index (κ1) is 10.0. The molecule has 0 radical (unpaired) electrons. The maximum absolute atomic E-state index is 13.2. The Balaban J connectivity index is 2.26. The number of aromatic nitrogens is 2. The van der Waals surface area contributed by atoms with Crippen LogP contribution in [-0.4, -0.2) is 27.1 Å². The molecule has 1 aromatic rings. The van der Waals surface area contributed by atoms with E-state index < -0.39 is 23.6 Å². The van der Waals surface area contributed by atoms with Gasteiger partial charge in [0.1, 0.15) is 5.92 Å². The molecule has 1 aliphatic rings. The third kappa shape index (κ3) is 1.69. The summed E-state index contributed by atoms with van der Waals surface area (Å²) in [6.07, 6.45) is 0.402. The van der Waals surface area contributed by atoms with Crippen LogP contribution in [0.4, 0.5) is 8.78 Å². The minimum atomic E-state index is -2.87. The summed E-state index contributed by atoms with van der Waals surface area (Å²) in [7, 11) is 0. The zero-order valence-electron chi connectivity index (χ0n) is 7.61. The first-order chi connectivity index (χ1) is 7.00. The van der Waals surface area contributed by atoms with Gasteiger partial charge in [-0.1, -0.05) is 0 Å². The zero-order valence-corrected chi connectivity index (χ0v) is 7.61. The minimum Gasteiger partial charge on any atom is -0.475 e. The molecule has 15 heavy (non-hydrogen) atoms. The lowest BCUT2D eigenvalue weighted by Gasteiger charge is -2.14. The molecule has 1 unspecified atom stereocenters. The van der Waals surface area contributed by atoms with Gasteiger partial charge in [-0.05, 0) is 18.0 Å². The summed E-state index contributed by atoms with van der Waals surface area (Å²) in [5, 5.41) is 11.6. The van der Waals surface area contributed by atoms with Crippen molar-refractivity contribution in [2.24, 2.45) is 0 Å². The standard InChI is InChI=1S/C8H8F2N2O3/c9-8(10)3-1-2-4(8)6-11-5(7(13)14)12-15-6/h4H,1-3H2,(H,13,14). The molecule has 1 aromatic heterocycles. The van der Waals surface area contributed by atoms with E-state index in [0.717, 1.165) is 0 Å². The van der Waals surface area contributed by atoms with Crippen LogP contribution in [0.25, 0.3) is 0 Å². The average molecular weight is 218 g/mol. The molecular formula is C8H8F2N2O3. The Hall–Kier alpha value is -1.53. The Morgan fingerprint density at radius 3 is 2.80 bits per heavy atom. The second kappa shape index (κ2) is 3.25. The normalized spacial score (nSPS) is 24.3. The van der Waals surface area contributed by atoms with E-state index in [4.69, 9.17) is 5.11 Å². The van der Waals surface area contributed by atoms with Gasteiger partial charge in [-0.15, -0.1) is 0 Å². The molecule has 2 rings (SSSR count). The van der Waals surface area contributed by atoms with Crippen LogP contribution in [0.2, 0.25) is 0 Å². The first-order valence-electron chi connectivity index (χ1n) is 4.45. The monoisotopic (exact) mass is 218 g/mol. The van der Waals surface area contributed by atoms with Crippen LogP contribution >= 0.6 is 0 Å². The number of hydrogen-bond acceptors (Lipinski definition) is 4. The summed E-state index contributed by atoms with van der Waals surface area (Å²) >= 11 is 0. The zero-order chi connectivity index (χ0) is 11.1. The number of alkyl halides is 2. The Kier molecular flexibility index (Phi) is 2.17. The average Bonchev–Trinajstić information content (AvgIpc) is 2.69. The topological polar surface area (TPSA) is 76.2 Å². The summed E-state index contributed by atoms with van der Waals surface area (Å²) < 4.78 is 31.0. The molecule has 0 aliphatic heterocycles. The number of nitrogens with zero attached hydrogens (tertiary/aromatic N) is 2. The van der Waals surface area contributed by atoms with E-state index in [-0.39, 0.29) is 18.7 Å². The number of carboxylic acid groups (broad SMARTS) is 1. The molecule has 1 N–H and O–H groups in total. The molecule has 1 saturated carbocycles. The third-order valence-corrected chi connectivity index (χ3v) is 2.44. The van der Waals surface area contributed by atoms with Crippen LogP contribution in [0.3, 0.4) is 0 Å². The molecule has 0 spiro atoms. The van der Waals surface area contributed by atoms with Crippen LogP contribution in [0.15, 0.2) is 4.52 Å². The molecule has 82 valence electrons. The largest absolute Gasteiger partial charge is 0.475 e. The number of rotatable bonds is 2. The summed E-state index contributed by atoms with van der Waals surface area (Å²) in [5.41, 5.74) is 0. The quantitative estimate of drug-likeness (QED) is 0.816. The van der Waals surface area contributed by atoms with Crippen molar-refractivity contribution in [2.45, 2.75) is 31.1 Å². The minimum absolute atomic E-state index is 0.220. The Labute approximate surface area is 83.1 Å². The molecule has 0 bridgehead atoms. The predicted molar refractivity (Wildman–Crippen MR) is 42.8 cm³/mol. The summed E-state index contributed by atoms with van der Waals surface area (Å²) in [5.74, 6) is -6.26. The predicted octanol–water partition coefficient (Wildman–Crippen LogP) is 1.67. The fourth-order valence-electron chi connectivity index (χ4n) is 1.70. The molecule has 1 atom stereocenters. The highest BCUT2D eigenvalue weighted by molar-refractivity contribution is 5.82. The smallest absolute Gasteiger partial charge is 0.377 e. The van der Waals surface area contributed by atoms with Gasteiger partial charge in [-0.2, -0.15) is 4.98 Å². The highest BCUT2D eigenvalue weighted by atomic mass is 19.3. The lowest BCUT2D eigenvalue weighted by molar-refractivity contribution is -0.0172. The maximum atomic E-state index is 13.2. The van der Waals surface area contributed by atoms with Crippen molar-refractivity contribution < 1.29 is 23.2 Å².